The number of pyridine rings is 1. The van der Waals surface area contributed by atoms with E-state index in [0.717, 1.165) is 16.7 Å². The van der Waals surface area contributed by atoms with Gasteiger partial charge in [-0.1, -0.05) is 42.5 Å². The Morgan fingerprint density at radius 2 is 1.67 bits per heavy atom. The van der Waals surface area contributed by atoms with Crippen molar-refractivity contribution in [3.8, 4) is 28.0 Å². The van der Waals surface area contributed by atoms with Crippen LogP contribution in [0, 0.1) is 0 Å². The molecule has 0 aliphatic heterocycles. The van der Waals surface area contributed by atoms with Crippen molar-refractivity contribution in [1.82, 2.24) is 4.98 Å². The monoisotopic (exact) mass is 318 g/mol. The van der Waals surface area contributed by atoms with E-state index >= 15 is 0 Å². The molecule has 0 aliphatic rings. The van der Waals surface area contributed by atoms with Crippen LogP contribution in [0.2, 0.25) is 0 Å². The maximum absolute atomic E-state index is 11.8. The molecule has 4 nitrogen and oxygen atoms in total. The van der Waals surface area contributed by atoms with Crippen molar-refractivity contribution in [3.63, 3.8) is 0 Å². The van der Waals surface area contributed by atoms with Crippen LogP contribution in [0.3, 0.4) is 0 Å². The average molecular weight is 318 g/mol. The molecule has 24 heavy (non-hydrogen) atoms. The van der Waals surface area contributed by atoms with Crippen molar-refractivity contribution in [2.75, 3.05) is 0 Å². The van der Waals surface area contributed by atoms with Crippen LogP contribution in [-0.2, 0) is 4.79 Å². The number of phenolic OH excluding ortho intramolecular Hbond substituents is 1. The van der Waals surface area contributed by atoms with Gasteiger partial charge in [-0.05, 0) is 30.2 Å². The van der Waals surface area contributed by atoms with Crippen LogP contribution < -0.4 is 5.73 Å². The van der Waals surface area contributed by atoms with Crippen LogP contribution >= 0.6 is 0 Å². The van der Waals surface area contributed by atoms with E-state index in [1.807, 2.05) is 48.5 Å². The Hall–Kier alpha value is -3.14. The number of carbonyl (C=O) groups excluding carboxylic acids is 1. The molecule has 3 N–H and O–H groups in total. The predicted molar refractivity (Wildman–Crippen MR) is 94.4 cm³/mol. The molecule has 3 aromatic rings. The molecule has 0 saturated carbocycles. The molecule has 4 heteroatoms. The molecule has 120 valence electrons. The van der Waals surface area contributed by atoms with Gasteiger partial charge in [0.15, 0.2) is 0 Å². The van der Waals surface area contributed by atoms with Gasteiger partial charge >= 0.3 is 0 Å². The van der Waals surface area contributed by atoms with Gasteiger partial charge in [0.2, 0.25) is 5.91 Å². The molecule has 1 atom stereocenters. The summed E-state index contributed by atoms with van der Waals surface area (Å²) in [4.78, 5) is 15.9. The van der Waals surface area contributed by atoms with E-state index in [1.165, 1.54) is 0 Å². The molecule has 3 rings (SSSR count). The molecule has 2 aromatic carbocycles. The number of rotatable bonds is 4. The highest BCUT2D eigenvalue weighted by Gasteiger charge is 2.23. The largest absolute Gasteiger partial charge is 0.507 e. The first-order chi connectivity index (χ1) is 11.6. The maximum atomic E-state index is 11.8. The Morgan fingerprint density at radius 3 is 2.29 bits per heavy atom. The quantitative estimate of drug-likeness (QED) is 0.770. The van der Waals surface area contributed by atoms with Crippen molar-refractivity contribution < 1.29 is 9.90 Å². The van der Waals surface area contributed by atoms with Crippen LogP contribution in [0.5, 0.6) is 5.75 Å². The molecule has 0 saturated heterocycles. The molecule has 0 fully saturated rings. The summed E-state index contributed by atoms with van der Waals surface area (Å²) in [6, 6.07) is 17.0. The lowest BCUT2D eigenvalue weighted by Gasteiger charge is -2.18. The molecule has 1 amide bonds. The van der Waals surface area contributed by atoms with E-state index in [2.05, 4.69) is 4.98 Å². The van der Waals surface area contributed by atoms with E-state index in [9.17, 15) is 9.90 Å². The topological polar surface area (TPSA) is 76.2 Å². The van der Waals surface area contributed by atoms with Crippen LogP contribution in [0.1, 0.15) is 18.4 Å². The minimum atomic E-state index is -0.614. The number of carbonyl (C=O) groups is 1. The van der Waals surface area contributed by atoms with Crippen molar-refractivity contribution >= 4 is 5.91 Å². The molecule has 0 radical (unpaired) electrons. The average Bonchev–Trinajstić information content (AvgIpc) is 2.62. The lowest BCUT2D eigenvalue weighted by atomic mass is 9.87. The zero-order valence-corrected chi connectivity index (χ0v) is 13.3. The normalized spacial score (nSPS) is 11.9. The zero-order chi connectivity index (χ0) is 17.1. The number of nitrogens with two attached hydrogens (primary N) is 1. The van der Waals surface area contributed by atoms with E-state index in [-0.39, 0.29) is 5.75 Å². The number of aromatic nitrogens is 1. The van der Waals surface area contributed by atoms with Gasteiger partial charge in [0.05, 0.1) is 5.92 Å². The molecule has 1 aromatic heterocycles. The maximum Gasteiger partial charge on any atom is 0.224 e. The van der Waals surface area contributed by atoms with Gasteiger partial charge in [0.25, 0.3) is 0 Å². The summed E-state index contributed by atoms with van der Waals surface area (Å²) in [5.41, 5.74) is 9.19. The minimum absolute atomic E-state index is 0.0654. The summed E-state index contributed by atoms with van der Waals surface area (Å²) < 4.78 is 0. The second kappa shape index (κ2) is 6.54. The van der Waals surface area contributed by atoms with Crippen molar-refractivity contribution in [2.24, 2.45) is 5.73 Å². The molecule has 0 spiro atoms. The van der Waals surface area contributed by atoms with Crippen LogP contribution in [0.15, 0.2) is 67.0 Å². The first-order valence-corrected chi connectivity index (χ1v) is 7.70. The van der Waals surface area contributed by atoms with Gasteiger partial charge < -0.3 is 10.8 Å². The summed E-state index contributed by atoms with van der Waals surface area (Å²) in [7, 11) is 0. The Morgan fingerprint density at radius 1 is 1.00 bits per heavy atom. The molecule has 0 aliphatic carbocycles. The van der Waals surface area contributed by atoms with E-state index in [4.69, 9.17) is 5.73 Å². The van der Waals surface area contributed by atoms with Gasteiger partial charge in [0, 0.05) is 29.1 Å². The predicted octanol–water partition coefficient (Wildman–Crippen LogP) is 3.71. The van der Waals surface area contributed by atoms with Crippen molar-refractivity contribution in [1.29, 1.82) is 0 Å². The third-order valence-electron chi connectivity index (χ3n) is 4.13. The highest BCUT2D eigenvalue weighted by Crippen LogP contribution is 2.41. The van der Waals surface area contributed by atoms with E-state index in [0.29, 0.717) is 11.1 Å². The third-order valence-corrected chi connectivity index (χ3v) is 4.13. The van der Waals surface area contributed by atoms with Gasteiger partial charge in [-0.2, -0.15) is 0 Å². The van der Waals surface area contributed by atoms with Gasteiger partial charge in [0.1, 0.15) is 5.75 Å². The smallest absolute Gasteiger partial charge is 0.224 e. The first kappa shape index (κ1) is 15.7. The fourth-order valence-electron chi connectivity index (χ4n) is 2.81. The number of hydrogen-bond acceptors (Lipinski definition) is 3. The van der Waals surface area contributed by atoms with Gasteiger partial charge in [-0.3, -0.25) is 9.78 Å². The number of hydrogen-bond donors (Lipinski definition) is 2. The Balaban J connectivity index is 2.25. The number of nitrogens with zero attached hydrogens (tertiary/aromatic N) is 1. The van der Waals surface area contributed by atoms with Crippen LogP contribution in [0.25, 0.3) is 22.3 Å². The number of amides is 1. The summed E-state index contributed by atoms with van der Waals surface area (Å²) in [6.45, 7) is 1.71. The SMILES string of the molecule is CC(C(N)=O)c1c(-c2ccccc2)ccc(-c2cccnc2)c1O. The number of benzene rings is 2. The van der Waals surface area contributed by atoms with Crippen LogP contribution in [-0.4, -0.2) is 16.0 Å². The minimum Gasteiger partial charge on any atom is -0.507 e. The lowest BCUT2D eigenvalue weighted by molar-refractivity contribution is -0.119. The summed E-state index contributed by atoms with van der Waals surface area (Å²) in [5, 5.41) is 10.9. The molecule has 1 unspecified atom stereocenters. The summed E-state index contributed by atoms with van der Waals surface area (Å²) >= 11 is 0. The van der Waals surface area contributed by atoms with Crippen molar-refractivity contribution in [2.45, 2.75) is 12.8 Å². The number of phenols is 1. The Bertz CT molecular complexity index is 862. The number of aromatic hydroxyl groups is 1. The molecular weight excluding hydrogens is 300 g/mol. The molecule has 0 bridgehead atoms. The van der Waals surface area contributed by atoms with E-state index < -0.39 is 11.8 Å². The highest BCUT2D eigenvalue weighted by atomic mass is 16.3. The summed E-state index contributed by atoms with van der Waals surface area (Å²) in [5.74, 6) is -1.03. The molecule has 1 heterocycles. The highest BCUT2D eigenvalue weighted by molar-refractivity contribution is 5.89. The summed E-state index contributed by atoms with van der Waals surface area (Å²) in [6.07, 6.45) is 3.35. The second-order valence-electron chi connectivity index (χ2n) is 5.65. The van der Waals surface area contributed by atoms with Crippen LogP contribution in [0.4, 0.5) is 0 Å². The first-order valence-electron chi connectivity index (χ1n) is 7.70. The number of primary amides is 1. The third kappa shape index (κ3) is 2.86. The zero-order valence-electron chi connectivity index (χ0n) is 13.3. The van der Waals surface area contributed by atoms with E-state index in [1.54, 1.807) is 25.4 Å². The standard InChI is InChI=1S/C20H18N2O2/c1-13(20(21)24)18-16(14-6-3-2-4-7-14)9-10-17(19(18)23)15-8-5-11-22-12-15/h2-13,23H,1H3,(H2,21,24). The van der Waals surface area contributed by atoms with Crippen molar-refractivity contribution in [3.05, 3.63) is 72.6 Å². The molecular formula is C20H18N2O2. The fraction of sp³-hybridized carbons (Fsp3) is 0.100. The fourth-order valence-corrected chi connectivity index (χ4v) is 2.81. The second-order valence-corrected chi connectivity index (χ2v) is 5.65. The Labute approximate surface area is 140 Å². The van der Waals surface area contributed by atoms with Gasteiger partial charge in [-0.25, -0.2) is 0 Å². The van der Waals surface area contributed by atoms with Gasteiger partial charge in [-0.15, -0.1) is 0 Å². The lowest BCUT2D eigenvalue weighted by Crippen LogP contribution is -2.19. The Kier molecular flexibility index (Phi) is 4.29.